The van der Waals surface area contributed by atoms with Crippen LogP contribution in [-0.2, 0) is 0 Å². The summed E-state index contributed by atoms with van der Waals surface area (Å²) >= 11 is 0. The molecule has 0 aliphatic carbocycles. The number of pyridine rings is 1. The molecule has 2 rings (SSSR count). The predicted octanol–water partition coefficient (Wildman–Crippen LogP) is 1.67. The van der Waals surface area contributed by atoms with Crippen molar-refractivity contribution >= 4 is 11.4 Å². The van der Waals surface area contributed by atoms with Gasteiger partial charge in [-0.2, -0.15) is 0 Å². The third-order valence-electron chi connectivity index (χ3n) is 3.69. The molecule has 0 saturated carbocycles. The molecule has 0 saturated heterocycles. The van der Waals surface area contributed by atoms with Gasteiger partial charge in [-0.3, -0.25) is 9.98 Å². The van der Waals surface area contributed by atoms with Crippen LogP contribution < -0.4 is 10.6 Å². The molecule has 0 atom stereocenters. The largest absolute Gasteiger partial charge is 0.315 e. The third-order valence-corrected chi connectivity index (χ3v) is 3.69. The lowest BCUT2D eigenvalue weighted by atomic mass is 10.2. The molecule has 0 amide bonds. The van der Waals surface area contributed by atoms with Crippen molar-refractivity contribution in [1.29, 1.82) is 0 Å². The number of nitrogens with one attached hydrogen (secondary N) is 2. The van der Waals surface area contributed by atoms with E-state index in [1.165, 1.54) is 0 Å². The van der Waals surface area contributed by atoms with Gasteiger partial charge in [0.1, 0.15) is 0 Å². The van der Waals surface area contributed by atoms with Crippen LogP contribution in [0.5, 0.6) is 0 Å². The number of aliphatic imine (C=N–C) groups is 2. The molecule has 5 heteroatoms. The molecule has 1 aromatic rings. The van der Waals surface area contributed by atoms with E-state index in [9.17, 15) is 0 Å². The minimum Gasteiger partial charge on any atom is -0.315 e. The number of fused-ring (bicyclic) bond motifs is 2. The minimum atomic E-state index is 0.839. The zero-order valence-electron chi connectivity index (χ0n) is 13.7. The van der Waals surface area contributed by atoms with E-state index in [0.717, 1.165) is 74.9 Å². The number of nitrogens with zero attached hydrogens (tertiary/aromatic N) is 3. The molecular formula is C17H27N5. The maximum atomic E-state index is 4.69. The summed E-state index contributed by atoms with van der Waals surface area (Å²) in [6.45, 7) is 9.77. The van der Waals surface area contributed by atoms with Crippen LogP contribution in [0.4, 0.5) is 0 Å². The molecule has 120 valence electrons. The van der Waals surface area contributed by atoms with Gasteiger partial charge in [-0.05, 0) is 51.9 Å². The molecule has 5 nitrogen and oxygen atoms in total. The first-order valence-electron chi connectivity index (χ1n) is 8.19. The zero-order valence-corrected chi connectivity index (χ0v) is 13.7. The summed E-state index contributed by atoms with van der Waals surface area (Å²) in [5.74, 6) is 0. The Morgan fingerprint density at radius 1 is 0.773 bits per heavy atom. The average Bonchev–Trinajstić information content (AvgIpc) is 2.55. The van der Waals surface area contributed by atoms with Crippen LogP contribution in [-0.4, -0.2) is 55.7 Å². The summed E-state index contributed by atoms with van der Waals surface area (Å²) < 4.78 is 0. The molecular weight excluding hydrogens is 274 g/mol. The smallest absolute Gasteiger partial charge is 0.0845 e. The zero-order chi connectivity index (χ0) is 15.6. The van der Waals surface area contributed by atoms with E-state index in [0.29, 0.717) is 0 Å². The molecule has 0 radical (unpaired) electrons. The van der Waals surface area contributed by atoms with Crippen LogP contribution in [0.1, 0.15) is 38.1 Å². The van der Waals surface area contributed by atoms with Crippen molar-refractivity contribution in [3.05, 3.63) is 29.6 Å². The van der Waals surface area contributed by atoms with Crippen molar-refractivity contribution in [2.75, 3.05) is 39.3 Å². The van der Waals surface area contributed by atoms with Gasteiger partial charge in [0.25, 0.3) is 0 Å². The number of aromatic nitrogens is 1. The van der Waals surface area contributed by atoms with Gasteiger partial charge in [-0.1, -0.05) is 6.07 Å². The second kappa shape index (κ2) is 9.43. The fourth-order valence-electron chi connectivity index (χ4n) is 2.33. The highest BCUT2D eigenvalue weighted by Crippen LogP contribution is 2.04. The maximum absolute atomic E-state index is 4.69. The summed E-state index contributed by atoms with van der Waals surface area (Å²) in [6, 6.07) is 6.07. The van der Waals surface area contributed by atoms with Gasteiger partial charge >= 0.3 is 0 Å². The standard InChI is InChI=1S/C17H27N5/c1-14-16-6-3-7-17(22-16)15(2)21-11-5-9-19-13-12-18-8-4-10-20-14/h3,6-7,18-19H,4-5,8-13H2,1-2H3. The first kappa shape index (κ1) is 16.8. The van der Waals surface area contributed by atoms with Crippen LogP contribution in [0, 0.1) is 0 Å². The number of rotatable bonds is 0. The molecule has 1 aromatic heterocycles. The molecule has 2 heterocycles. The Labute approximate surface area is 133 Å². The van der Waals surface area contributed by atoms with E-state index in [1.807, 2.05) is 32.0 Å². The number of hydrogen-bond acceptors (Lipinski definition) is 5. The van der Waals surface area contributed by atoms with Crippen molar-refractivity contribution in [1.82, 2.24) is 15.6 Å². The van der Waals surface area contributed by atoms with E-state index in [4.69, 9.17) is 0 Å². The van der Waals surface area contributed by atoms with E-state index in [2.05, 4.69) is 25.6 Å². The second-order valence-corrected chi connectivity index (χ2v) is 5.55. The topological polar surface area (TPSA) is 61.7 Å². The quantitative estimate of drug-likeness (QED) is 0.766. The highest BCUT2D eigenvalue weighted by atomic mass is 14.9. The lowest BCUT2D eigenvalue weighted by Crippen LogP contribution is -2.29. The summed E-state index contributed by atoms with van der Waals surface area (Å²) in [7, 11) is 0. The van der Waals surface area contributed by atoms with Crippen molar-refractivity contribution < 1.29 is 0 Å². The summed E-state index contributed by atoms with van der Waals surface area (Å²) in [6.07, 6.45) is 2.11. The average molecular weight is 301 g/mol. The van der Waals surface area contributed by atoms with Crippen LogP contribution in [0.15, 0.2) is 28.2 Å². The Morgan fingerprint density at radius 3 is 1.77 bits per heavy atom. The van der Waals surface area contributed by atoms with Gasteiger partial charge in [0.05, 0.1) is 22.8 Å². The van der Waals surface area contributed by atoms with Gasteiger partial charge in [-0.25, -0.2) is 4.98 Å². The van der Waals surface area contributed by atoms with E-state index >= 15 is 0 Å². The molecule has 2 N–H and O–H groups in total. The molecule has 2 bridgehead atoms. The van der Waals surface area contributed by atoms with Crippen molar-refractivity contribution in [2.24, 2.45) is 9.98 Å². The third kappa shape index (κ3) is 5.66. The molecule has 0 aromatic carbocycles. The highest BCUT2D eigenvalue weighted by molar-refractivity contribution is 6.00. The van der Waals surface area contributed by atoms with Crippen molar-refractivity contribution in [3.8, 4) is 0 Å². The van der Waals surface area contributed by atoms with E-state index in [-0.39, 0.29) is 0 Å². The second-order valence-electron chi connectivity index (χ2n) is 5.55. The summed E-state index contributed by atoms with van der Waals surface area (Å²) in [5.41, 5.74) is 3.90. The highest BCUT2D eigenvalue weighted by Gasteiger charge is 2.04. The molecule has 0 unspecified atom stereocenters. The molecule has 0 spiro atoms. The van der Waals surface area contributed by atoms with E-state index in [1.54, 1.807) is 0 Å². The van der Waals surface area contributed by atoms with Gasteiger partial charge < -0.3 is 10.6 Å². The van der Waals surface area contributed by atoms with E-state index < -0.39 is 0 Å². The minimum absolute atomic E-state index is 0.839. The molecule has 22 heavy (non-hydrogen) atoms. The Morgan fingerprint density at radius 2 is 1.27 bits per heavy atom. The van der Waals surface area contributed by atoms with Gasteiger partial charge in [0.15, 0.2) is 0 Å². The van der Waals surface area contributed by atoms with Crippen LogP contribution >= 0.6 is 0 Å². The summed E-state index contributed by atoms with van der Waals surface area (Å²) in [5, 5.41) is 6.86. The molecule has 1 aliphatic rings. The lowest BCUT2D eigenvalue weighted by molar-refractivity contribution is 0.590. The Hall–Kier alpha value is -1.59. The van der Waals surface area contributed by atoms with Crippen LogP contribution in [0.2, 0.25) is 0 Å². The van der Waals surface area contributed by atoms with Crippen LogP contribution in [0.3, 0.4) is 0 Å². The lowest BCUT2D eigenvalue weighted by Gasteiger charge is -2.05. The van der Waals surface area contributed by atoms with Gasteiger partial charge in [-0.15, -0.1) is 0 Å². The number of hydrogen-bond donors (Lipinski definition) is 2. The maximum Gasteiger partial charge on any atom is 0.0845 e. The molecule has 0 fully saturated rings. The Balaban J connectivity index is 2.11. The Bertz CT molecular complexity index is 478. The van der Waals surface area contributed by atoms with Crippen molar-refractivity contribution in [2.45, 2.75) is 26.7 Å². The normalized spacial score (nSPS) is 19.0. The first-order chi connectivity index (χ1) is 10.8. The fourth-order valence-corrected chi connectivity index (χ4v) is 2.33. The van der Waals surface area contributed by atoms with Crippen LogP contribution in [0.25, 0.3) is 0 Å². The molecule has 1 aliphatic heterocycles. The SMILES string of the molecule is CC1=NCCCNCCNCCCN=C(C)c2cccc1n2. The van der Waals surface area contributed by atoms with Gasteiger partial charge in [0, 0.05) is 26.2 Å². The van der Waals surface area contributed by atoms with Gasteiger partial charge in [0.2, 0.25) is 0 Å². The predicted molar refractivity (Wildman–Crippen MR) is 93.4 cm³/mol. The first-order valence-corrected chi connectivity index (χ1v) is 8.19. The monoisotopic (exact) mass is 301 g/mol. The van der Waals surface area contributed by atoms with Crippen molar-refractivity contribution in [3.63, 3.8) is 0 Å². The summed E-state index contributed by atoms with van der Waals surface area (Å²) in [4.78, 5) is 13.9. The fraction of sp³-hybridized carbons (Fsp3) is 0.588. The Kier molecular flexibility index (Phi) is 7.19.